The van der Waals surface area contributed by atoms with Gasteiger partial charge in [0.15, 0.2) is 5.11 Å². The van der Waals surface area contributed by atoms with E-state index >= 15 is 0 Å². The van der Waals surface area contributed by atoms with E-state index in [1.165, 1.54) is 5.56 Å². The highest BCUT2D eigenvalue weighted by Gasteiger charge is 2.10. The lowest BCUT2D eigenvalue weighted by Crippen LogP contribution is -2.48. The summed E-state index contributed by atoms with van der Waals surface area (Å²) in [5.74, 6) is 0.979. The van der Waals surface area contributed by atoms with Crippen molar-refractivity contribution in [1.29, 1.82) is 0 Å². The minimum atomic E-state index is -0.403. The maximum atomic E-state index is 12.4. The molecule has 0 bridgehead atoms. The summed E-state index contributed by atoms with van der Waals surface area (Å²) in [6.45, 7) is 5.27. The van der Waals surface area contributed by atoms with Gasteiger partial charge in [-0.2, -0.15) is 0 Å². The number of hydrogen-bond donors (Lipinski definition) is 3. The van der Waals surface area contributed by atoms with Crippen molar-refractivity contribution in [1.82, 2.24) is 16.2 Å². The molecule has 0 radical (unpaired) electrons. The number of carbonyl (C=O) groups is 2. The molecule has 0 spiro atoms. The van der Waals surface area contributed by atoms with Crippen molar-refractivity contribution in [2.45, 2.75) is 20.3 Å². The third-order valence-corrected chi connectivity index (χ3v) is 5.04. The molecule has 0 saturated carbocycles. The minimum absolute atomic E-state index is 0.0246. The standard InChI is InChI=1S/C27H29N3O4S/c1-19(2)18-34-24-14-10-22(11-15-24)26(32)29-30-27(35)28-25(31)21-8-12-23(13-9-21)33-17-16-20-6-4-3-5-7-20/h3-15,19H,16-18H2,1-2H3,(H,29,32)(H2,28,30,31,35). The summed E-state index contributed by atoms with van der Waals surface area (Å²) in [5.41, 5.74) is 7.03. The molecule has 2 amide bonds. The van der Waals surface area contributed by atoms with Crippen molar-refractivity contribution in [2.75, 3.05) is 13.2 Å². The van der Waals surface area contributed by atoms with Gasteiger partial charge in [0.2, 0.25) is 0 Å². The summed E-state index contributed by atoms with van der Waals surface area (Å²) < 4.78 is 11.3. The first-order valence-electron chi connectivity index (χ1n) is 11.3. The van der Waals surface area contributed by atoms with Gasteiger partial charge in [-0.15, -0.1) is 0 Å². The Morgan fingerprint density at radius 3 is 1.94 bits per heavy atom. The average Bonchev–Trinajstić information content (AvgIpc) is 2.87. The van der Waals surface area contributed by atoms with Crippen LogP contribution in [0.3, 0.4) is 0 Å². The predicted molar refractivity (Wildman–Crippen MR) is 140 cm³/mol. The summed E-state index contributed by atoms with van der Waals surface area (Å²) in [4.78, 5) is 24.7. The monoisotopic (exact) mass is 491 g/mol. The van der Waals surface area contributed by atoms with Crippen LogP contribution in [0.25, 0.3) is 0 Å². The van der Waals surface area contributed by atoms with Crippen LogP contribution < -0.4 is 25.6 Å². The largest absolute Gasteiger partial charge is 0.493 e. The molecule has 0 fully saturated rings. The highest BCUT2D eigenvalue weighted by molar-refractivity contribution is 7.80. The molecule has 7 nitrogen and oxygen atoms in total. The average molecular weight is 492 g/mol. The quantitative estimate of drug-likeness (QED) is 0.306. The van der Waals surface area contributed by atoms with Crippen LogP contribution in [0.4, 0.5) is 0 Å². The molecule has 8 heteroatoms. The van der Waals surface area contributed by atoms with Crippen LogP contribution in [-0.4, -0.2) is 30.1 Å². The maximum Gasteiger partial charge on any atom is 0.269 e. The zero-order chi connectivity index (χ0) is 25.0. The van der Waals surface area contributed by atoms with Crippen molar-refractivity contribution >= 4 is 29.1 Å². The first-order chi connectivity index (χ1) is 16.9. The fourth-order valence-electron chi connectivity index (χ4n) is 2.99. The van der Waals surface area contributed by atoms with Crippen molar-refractivity contribution in [2.24, 2.45) is 5.92 Å². The van der Waals surface area contributed by atoms with Gasteiger partial charge >= 0.3 is 0 Å². The van der Waals surface area contributed by atoms with E-state index in [9.17, 15) is 9.59 Å². The molecule has 0 saturated heterocycles. The lowest BCUT2D eigenvalue weighted by Gasteiger charge is -2.12. The molecule has 3 aromatic rings. The molecule has 0 unspecified atom stereocenters. The molecular formula is C27H29N3O4S. The van der Waals surface area contributed by atoms with Crippen molar-refractivity contribution in [3.8, 4) is 11.5 Å². The van der Waals surface area contributed by atoms with Crippen LogP contribution in [0.2, 0.25) is 0 Å². The number of ether oxygens (including phenoxy) is 2. The van der Waals surface area contributed by atoms with E-state index in [2.05, 4.69) is 42.1 Å². The Morgan fingerprint density at radius 1 is 0.771 bits per heavy atom. The molecule has 0 aromatic heterocycles. The lowest BCUT2D eigenvalue weighted by atomic mass is 10.2. The Balaban J connectivity index is 1.40. The number of nitrogens with one attached hydrogen (secondary N) is 3. The van der Waals surface area contributed by atoms with Crippen LogP contribution in [0.15, 0.2) is 78.9 Å². The Hall–Kier alpha value is -3.91. The van der Waals surface area contributed by atoms with Gasteiger partial charge in [-0.3, -0.25) is 25.8 Å². The van der Waals surface area contributed by atoms with Gasteiger partial charge in [-0.1, -0.05) is 44.2 Å². The fourth-order valence-corrected chi connectivity index (χ4v) is 3.14. The van der Waals surface area contributed by atoms with Gasteiger partial charge in [0, 0.05) is 17.5 Å². The fraction of sp³-hybridized carbons (Fsp3) is 0.222. The molecule has 35 heavy (non-hydrogen) atoms. The predicted octanol–water partition coefficient (Wildman–Crippen LogP) is 4.29. The van der Waals surface area contributed by atoms with E-state index < -0.39 is 11.8 Å². The first-order valence-corrected chi connectivity index (χ1v) is 11.7. The number of benzene rings is 3. The Bertz CT molecular complexity index is 1120. The Kier molecular flexibility index (Phi) is 9.62. The number of thiocarbonyl (C=S) groups is 1. The molecule has 182 valence electrons. The number of rotatable bonds is 9. The number of hydrogen-bond acceptors (Lipinski definition) is 5. The molecule has 3 rings (SSSR count). The first kappa shape index (κ1) is 25.7. The molecule has 0 aliphatic heterocycles. The third-order valence-electron chi connectivity index (χ3n) is 4.84. The second-order valence-corrected chi connectivity index (χ2v) is 8.61. The molecule has 0 atom stereocenters. The number of carbonyl (C=O) groups excluding carboxylic acids is 2. The van der Waals surface area contributed by atoms with E-state index in [0.717, 1.165) is 6.42 Å². The van der Waals surface area contributed by atoms with Crippen LogP contribution in [0.5, 0.6) is 11.5 Å². The highest BCUT2D eigenvalue weighted by atomic mass is 32.1. The normalized spacial score (nSPS) is 10.4. The molecule has 3 N–H and O–H groups in total. The van der Waals surface area contributed by atoms with Gasteiger partial charge in [0.1, 0.15) is 11.5 Å². The number of hydrazine groups is 1. The van der Waals surface area contributed by atoms with E-state index in [0.29, 0.717) is 41.8 Å². The summed E-state index contributed by atoms with van der Waals surface area (Å²) in [6.07, 6.45) is 0.796. The van der Waals surface area contributed by atoms with Crippen LogP contribution in [0.1, 0.15) is 40.1 Å². The number of amides is 2. The maximum absolute atomic E-state index is 12.4. The van der Waals surface area contributed by atoms with E-state index in [4.69, 9.17) is 21.7 Å². The minimum Gasteiger partial charge on any atom is -0.493 e. The van der Waals surface area contributed by atoms with E-state index in [-0.39, 0.29) is 5.11 Å². The third kappa shape index (κ3) is 8.75. The topological polar surface area (TPSA) is 88.7 Å². The van der Waals surface area contributed by atoms with Crippen molar-refractivity contribution in [3.05, 3.63) is 95.6 Å². The van der Waals surface area contributed by atoms with Crippen LogP contribution >= 0.6 is 12.2 Å². The molecule has 0 heterocycles. The molecule has 0 aliphatic carbocycles. The zero-order valence-electron chi connectivity index (χ0n) is 19.7. The zero-order valence-corrected chi connectivity index (χ0v) is 20.6. The molecule has 0 aliphatic rings. The Morgan fingerprint density at radius 2 is 1.34 bits per heavy atom. The summed E-state index contributed by atoms with van der Waals surface area (Å²) in [7, 11) is 0. The SMILES string of the molecule is CC(C)COc1ccc(C(=O)NNC(=S)NC(=O)c2ccc(OCCc3ccccc3)cc2)cc1. The van der Waals surface area contributed by atoms with Gasteiger partial charge in [-0.25, -0.2) is 0 Å². The summed E-state index contributed by atoms with van der Waals surface area (Å²) >= 11 is 5.11. The second-order valence-electron chi connectivity index (χ2n) is 8.20. The Labute approximate surface area is 210 Å². The molecule has 3 aromatic carbocycles. The smallest absolute Gasteiger partial charge is 0.269 e. The van der Waals surface area contributed by atoms with Gasteiger partial charge in [0.05, 0.1) is 13.2 Å². The van der Waals surface area contributed by atoms with Crippen LogP contribution in [0, 0.1) is 5.92 Å². The van der Waals surface area contributed by atoms with Gasteiger partial charge in [-0.05, 0) is 72.2 Å². The molecular weight excluding hydrogens is 462 g/mol. The summed E-state index contributed by atoms with van der Waals surface area (Å²) in [5, 5.41) is 2.50. The van der Waals surface area contributed by atoms with Crippen LogP contribution in [-0.2, 0) is 6.42 Å². The van der Waals surface area contributed by atoms with Gasteiger partial charge in [0.25, 0.3) is 11.8 Å². The van der Waals surface area contributed by atoms with Gasteiger partial charge < -0.3 is 9.47 Å². The van der Waals surface area contributed by atoms with E-state index in [1.54, 1.807) is 48.5 Å². The van der Waals surface area contributed by atoms with Crippen molar-refractivity contribution < 1.29 is 19.1 Å². The van der Waals surface area contributed by atoms with Crippen molar-refractivity contribution in [3.63, 3.8) is 0 Å². The summed E-state index contributed by atoms with van der Waals surface area (Å²) in [6, 6.07) is 23.6. The van der Waals surface area contributed by atoms with E-state index in [1.807, 2.05) is 18.2 Å². The second kappa shape index (κ2) is 13.1. The highest BCUT2D eigenvalue weighted by Crippen LogP contribution is 2.14. The lowest BCUT2D eigenvalue weighted by molar-refractivity contribution is 0.0934.